The Bertz CT molecular complexity index is 973. The van der Waals surface area contributed by atoms with Crippen molar-refractivity contribution in [3.05, 3.63) is 66.4 Å². The summed E-state index contributed by atoms with van der Waals surface area (Å²) in [5.74, 6) is 0.806. The highest BCUT2D eigenvalue weighted by atomic mass is 32.2. The molecule has 0 aliphatic rings. The van der Waals surface area contributed by atoms with E-state index in [0.717, 1.165) is 28.3 Å². The number of hydrogen-bond donors (Lipinski definition) is 1. The second-order valence-corrected chi connectivity index (χ2v) is 7.59. The molecule has 2 aromatic carbocycles. The van der Waals surface area contributed by atoms with E-state index in [0.29, 0.717) is 0 Å². The maximum Gasteiger partial charge on any atom is 0.240 e. The van der Waals surface area contributed by atoms with Gasteiger partial charge in [-0.05, 0) is 79.7 Å². The van der Waals surface area contributed by atoms with Gasteiger partial charge in [0.25, 0.3) is 0 Å². The summed E-state index contributed by atoms with van der Waals surface area (Å²) in [6, 6.07) is 16.8. The number of benzene rings is 2. The van der Waals surface area contributed by atoms with Crippen LogP contribution in [-0.4, -0.2) is 27.1 Å². The molecule has 25 heavy (non-hydrogen) atoms. The highest BCUT2D eigenvalue weighted by Crippen LogP contribution is 2.28. The molecule has 1 heterocycles. The van der Waals surface area contributed by atoms with Gasteiger partial charge in [0.15, 0.2) is 0 Å². The van der Waals surface area contributed by atoms with Crippen LogP contribution in [-0.2, 0) is 10.0 Å². The zero-order chi connectivity index (χ0) is 18.0. The quantitative estimate of drug-likeness (QED) is 0.762. The average Bonchev–Trinajstić information content (AvgIpc) is 3.03. The van der Waals surface area contributed by atoms with Crippen LogP contribution in [0.15, 0.2) is 65.7 Å². The van der Waals surface area contributed by atoms with Crippen molar-refractivity contribution in [3.63, 3.8) is 0 Å². The second-order valence-electron chi connectivity index (χ2n) is 5.70. The Morgan fingerprint density at radius 1 is 1.00 bits per heavy atom. The van der Waals surface area contributed by atoms with Gasteiger partial charge >= 0.3 is 0 Å². The minimum atomic E-state index is -3.44. The molecule has 3 aromatic rings. The summed E-state index contributed by atoms with van der Waals surface area (Å²) in [7, 11) is -0.390. The van der Waals surface area contributed by atoms with Gasteiger partial charge in [0.2, 0.25) is 10.0 Å². The first-order valence-electron chi connectivity index (χ1n) is 7.82. The molecular weight excluding hydrogens is 336 g/mol. The summed E-state index contributed by atoms with van der Waals surface area (Å²) in [4.78, 5) is 0.244. The van der Waals surface area contributed by atoms with Gasteiger partial charge in [-0.15, -0.1) is 0 Å². The monoisotopic (exact) mass is 356 g/mol. The first kappa shape index (κ1) is 17.3. The molecule has 0 saturated heterocycles. The lowest BCUT2D eigenvalue weighted by Crippen LogP contribution is -2.18. The first-order valence-corrected chi connectivity index (χ1v) is 9.30. The summed E-state index contributed by atoms with van der Waals surface area (Å²) in [6.07, 6.45) is 2.03. The third-order valence-corrected chi connectivity index (χ3v) is 5.47. The number of methoxy groups -OCH3 is 1. The Kier molecular flexibility index (Phi) is 4.65. The van der Waals surface area contributed by atoms with Crippen LogP contribution >= 0.6 is 0 Å². The number of rotatable bonds is 5. The van der Waals surface area contributed by atoms with Crippen LogP contribution in [0.1, 0.15) is 5.56 Å². The Hall–Kier alpha value is -2.57. The van der Waals surface area contributed by atoms with E-state index in [-0.39, 0.29) is 4.90 Å². The molecular formula is C19H20N2O3S. The van der Waals surface area contributed by atoms with Gasteiger partial charge in [-0.1, -0.05) is 0 Å². The third kappa shape index (κ3) is 3.45. The molecule has 3 rings (SSSR count). The molecule has 5 nitrogen and oxygen atoms in total. The van der Waals surface area contributed by atoms with Crippen LogP contribution in [0, 0.1) is 6.92 Å². The fraction of sp³-hybridized carbons (Fsp3) is 0.158. The molecule has 0 saturated carbocycles. The Balaban J connectivity index is 2.03. The molecule has 0 unspecified atom stereocenters. The van der Waals surface area contributed by atoms with Crippen molar-refractivity contribution in [3.8, 4) is 22.7 Å². The highest BCUT2D eigenvalue weighted by molar-refractivity contribution is 7.89. The third-order valence-electron chi connectivity index (χ3n) is 4.04. The maximum absolute atomic E-state index is 11.9. The van der Waals surface area contributed by atoms with Gasteiger partial charge in [0, 0.05) is 11.9 Å². The molecule has 1 N–H and O–H groups in total. The molecule has 0 atom stereocenters. The molecule has 6 heteroatoms. The number of hydrogen-bond acceptors (Lipinski definition) is 3. The maximum atomic E-state index is 11.9. The minimum Gasteiger partial charge on any atom is -0.497 e. The van der Waals surface area contributed by atoms with E-state index in [1.165, 1.54) is 7.05 Å². The smallest absolute Gasteiger partial charge is 0.240 e. The molecule has 0 amide bonds. The first-order chi connectivity index (χ1) is 11.9. The Morgan fingerprint density at radius 3 is 2.20 bits per heavy atom. The molecule has 0 aliphatic carbocycles. The summed E-state index contributed by atoms with van der Waals surface area (Å²) in [6.45, 7) is 2.03. The van der Waals surface area contributed by atoms with Crippen molar-refractivity contribution in [2.24, 2.45) is 0 Å². The number of nitrogens with zero attached hydrogens (tertiary/aromatic N) is 1. The van der Waals surface area contributed by atoms with E-state index in [4.69, 9.17) is 4.74 Å². The lowest BCUT2D eigenvalue weighted by atomic mass is 10.1. The van der Waals surface area contributed by atoms with Crippen LogP contribution in [0.25, 0.3) is 16.9 Å². The van der Waals surface area contributed by atoms with Gasteiger partial charge in [-0.25, -0.2) is 13.1 Å². The van der Waals surface area contributed by atoms with E-state index in [9.17, 15) is 8.42 Å². The summed E-state index contributed by atoms with van der Waals surface area (Å²) in [5, 5.41) is 0. The van der Waals surface area contributed by atoms with Crippen molar-refractivity contribution in [2.75, 3.05) is 14.2 Å². The normalized spacial score (nSPS) is 11.5. The van der Waals surface area contributed by atoms with E-state index in [1.807, 2.05) is 42.0 Å². The molecule has 0 bridgehead atoms. The van der Waals surface area contributed by atoms with E-state index < -0.39 is 10.0 Å². The second kappa shape index (κ2) is 6.74. The van der Waals surface area contributed by atoms with Gasteiger partial charge in [-0.3, -0.25) is 0 Å². The van der Waals surface area contributed by atoms with E-state index in [2.05, 4.69) is 10.8 Å². The number of sulfonamides is 1. The van der Waals surface area contributed by atoms with Crippen molar-refractivity contribution in [1.29, 1.82) is 0 Å². The summed E-state index contributed by atoms with van der Waals surface area (Å²) < 4.78 is 33.3. The van der Waals surface area contributed by atoms with E-state index in [1.54, 1.807) is 31.4 Å². The highest BCUT2D eigenvalue weighted by Gasteiger charge is 2.13. The zero-order valence-corrected chi connectivity index (χ0v) is 15.2. The number of aromatic nitrogens is 1. The lowest BCUT2D eigenvalue weighted by Gasteiger charge is -2.11. The Labute approximate surface area is 147 Å². The standard InChI is InChI=1S/C19H20N2O3S/c1-14-12-19(15-4-8-17(24-3)9-5-15)21(13-14)16-6-10-18(11-7-16)25(22,23)20-2/h4-13,20H,1-3H3. The van der Waals surface area contributed by atoms with E-state index >= 15 is 0 Å². The number of aryl methyl sites for hydroxylation is 1. The van der Waals surface area contributed by atoms with Crippen LogP contribution in [0.3, 0.4) is 0 Å². The molecule has 1 aromatic heterocycles. The predicted molar refractivity (Wildman–Crippen MR) is 98.7 cm³/mol. The number of ether oxygens (including phenoxy) is 1. The molecule has 0 fully saturated rings. The van der Waals surface area contributed by atoms with Gasteiger partial charge in [0.1, 0.15) is 5.75 Å². The van der Waals surface area contributed by atoms with Gasteiger partial charge in [0.05, 0.1) is 17.7 Å². The van der Waals surface area contributed by atoms with Crippen LogP contribution < -0.4 is 9.46 Å². The fourth-order valence-electron chi connectivity index (χ4n) is 2.70. The van der Waals surface area contributed by atoms with Crippen LogP contribution in [0.2, 0.25) is 0 Å². The van der Waals surface area contributed by atoms with Crippen LogP contribution in [0.5, 0.6) is 5.75 Å². The topological polar surface area (TPSA) is 60.3 Å². The predicted octanol–water partition coefficient (Wildman–Crippen LogP) is 3.37. The molecule has 0 radical (unpaired) electrons. The summed E-state index contributed by atoms with van der Waals surface area (Å²) >= 11 is 0. The van der Waals surface area contributed by atoms with Gasteiger partial charge in [-0.2, -0.15) is 0 Å². The largest absolute Gasteiger partial charge is 0.497 e. The van der Waals surface area contributed by atoms with Crippen molar-refractivity contribution >= 4 is 10.0 Å². The fourth-order valence-corrected chi connectivity index (χ4v) is 3.43. The molecule has 0 spiro atoms. The molecule has 0 aliphatic heterocycles. The molecule has 130 valence electrons. The van der Waals surface area contributed by atoms with Crippen molar-refractivity contribution in [2.45, 2.75) is 11.8 Å². The van der Waals surface area contributed by atoms with Crippen LogP contribution in [0.4, 0.5) is 0 Å². The minimum absolute atomic E-state index is 0.244. The number of nitrogens with one attached hydrogen (secondary N) is 1. The summed E-state index contributed by atoms with van der Waals surface area (Å²) in [5.41, 5.74) is 4.11. The average molecular weight is 356 g/mol. The SMILES string of the molecule is CNS(=O)(=O)c1ccc(-n2cc(C)cc2-c2ccc(OC)cc2)cc1. The van der Waals surface area contributed by atoms with Crippen molar-refractivity contribution in [1.82, 2.24) is 9.29 Å². The lowest BCUT2D eigenvalue weighted by molar-refractivity contribution is 0.415. The van der Waals surface area contributed by atoms with Gasteiger partial charge < -0.3 is 9.30 Å². The van der Waals surface area contributed by atoms with Crippen molar-refractivity contribution < 1.29 is 13.2 Å². The Morgan fingerprint density at radius 2 is 1.64 bits per heavy atom. The zero-order valence-electron chi connectivity index (χ0n) is 14.4.